The number of nitrogens with one attached hydrogen (secondary N) is 1. The van der Waals surface area contributed by atoms with Crippen molar-refractivity contribution in [3.05, 3.63) is 30.1 Å². The number of halogens is 2. The molecule has 2 heterocycles. The maximum Gasteiger partial charge on any atom is 0.193 e. The van der Waals surface area contributed by atoms with E-state index in [1.165, 1.54) is 25.0 Å². The summed E-state index contributed by atoms with van der Waals surface area (Å²) in [5.74, 6) is 0.868. The number of likely N-dealkylation sites (tertiary alicyclic amines) is 1. The van der Waals surface area contributed by atoms with Crippen LogP contribution in [-0.4, -0.2) is 75.2 Å². The van der Waals surface area contributed by atoms with Gasteiger partial charge in [0.2, 0.25) is 0 Å². The molecular weight excluding hydrogens is 432 g/mol. The quantitative estimate of drug-likeness (QED) is 0.424. The molecule has 1 N–H and O–H groups in total. The fourth-order valence-electron chi connectivity index (χ4n) is 3.47. The number of benzene rings is 1. The highest BCUT2D eigenvalue weighted by atomic mass is 127. The van der Waals surface area contributed by atoms with Gasteiger partial charge < -0.3 is 15.1 Å². The number of piperazine rings is 1. The third-order valence-corrected chi connectivity index (χ3v) is 4.89. The maximum absolute atomic E-state index is 13.0. The molecule has 0 atom stereocenters. The Labute approximate surface area is 167 Å². The van der Waals surface area contributed by atoms with Crippen LogP contribution in [-0.2, 0) is 0 Å². The molecule has 3 rings (SSSR count). The molecule has 140 valence electrons. The van der Waals surface area contributed by atoms with Gasteiger partial charge in [0.1, 0.15) is 5.82 Å². The first-order valence-corrected chi connectivity index (χ1v) is 8.95. The van der Waals surface area contributed by atoms with Crippen molar-refractivity contribution in [3.8, 4) is 0 Å². The lowest BCUT2D eigenvalue weighted by Gasteiger charge is -2.36. The van der Waals surface area contributed by atoms with Gasteiger partial charge in [-0.25, -0.2) is 4.39 Å². The molecule has 2 aliphatic rings. The molecular formula is C18H29FIN5. The zero-order chi connectivity index (χ0) is 16.8. The molecule has 0 spiro atoms. The van der Waals surface area contributed by atoms with Crippen LogP contribution < -0.4 is 10.2 Å². The summed E-state index contributed by atoms with van der Waals surface area (Å²) >= 11 is 0. The van der Waals surface area contributed by atoms with E-state index in [0.29, 0.717) is 0 Å². The standard InChI is InChI=1S/C18H28FN5.HI/c1-20-18(24-9-2-3-10-24)21-8-11-22-12-14-23(15-13-22)17-6-4-16(19)5-7-17;/h4-7H,2-3,8-15H2,1H3,(H,20,21);1H. The Balaban J connectivity index is 0.00000225. The van der Waals surface area contributed by atoms with E-state index < -0.39 is 0 Å². The molecule has 0 bridgehead atoms. The first kappa shape index (κ1) is 20.2. The van der Waals surface area contributed by atoms with E-state index in [1.54, 1.807) is 0 Å². The third-order valence-electron chi connectivity index (χ3n) is 4.89. The topological polar surface area (TPSA) is 34.1 Å². The summed E-state index contributed by atoms with van der Waals surface area (Å²) in [5.41, 5.74) is 1.11. The van der Waals surface area contributed by atoms with Crippen LogP contribution in [0.25, 0.3) is 0 Å². The molecule has 0 unspecified atom stereocenters. The van der Waals surface area contributed by atoms with Crippen molar-refractivity contribution in [1.82, 2.24) is 15.1 Å². The van der Waals surface area contributed by atoms with Gasteiger partial charge in [0.15, 0.2) is 5.96 Å². The minimum atomic E-state index is -0.171. The van der Waals surface area contributed by atoms with Crippen LogP contribution in [0.1, 0.15) is 12.8 Å². The van der Waals surface area contributed by atoms with Crippen LogP contribution in [0.15, 0.2) is 29.3 Å². The van der Waals surface area contributed by atoms with Crippen LogP contribution in [0.4, 0.5) is 10.1 Å². The number of hydrogen-bond acceptors (Lipinski definition) is 3. The SMILES string of the molecule is CN=C(NCCN1CCN(c2ccc(F)cc2)CC1)N1CCCC1.I. The number of rotatable bonds is 4. The predicted molar refractivity (Wildman–Crippen MR) is 113 cm³/mol. The molecule has 0 aliphatic carbocycles. The van der Waals surface area contributed by atoms with Gasteiger partial charge in [0.25, 0.3) is 0 Å². The summed E-state index contributed by atoms with van der Waals surface area (Å²) in [4.78, 5) is 11.5. The second-order valence-electron chi connectivity index (χ2n) is 6.47. The largest absolute Gasteiger partial charge is 0.369 e. The molecule has 0 radical (unpaired) electrons. The Morgan fingerprint density at radius 3 is 2.28 bits per heavy atom. The minimum absolute atomic E-state index is 0. The van der Waals surface area contributed by atoms with Crippen molar-refractivity contribution >= 4 is 35.6 Å². The number of hydrogen-bond donors (Lipinski definition) is 1. The lowest BCUT2D eigenvalue weighted by atomic mass is 10.2. The summed E-state index contributed by atoms with van der Waals surface area (Å²) in [6.45, 7) is 8.28. The van der Waals surface area contributed by atoms with Gasteiger partial charge >= 0.3 is 0 Å². The van der Waals surface area contributed by atoms with Crippen LogP contribution in [0, 0.1) is 5.82 Å². The van der Waals surface area contributed by atoms with E-state index >= 15 is 0 Å². The van der Waals surface area contributed by atoms with E-state index in [2.05, 4.69) is 25.0 Å². The molecule has 2 saturated heterocycles. The molecule has 1 aromatic carbocycles. The summed E-state index contributed by atoms with van der Waals surface area (Å²) in [5, 5.41) is 3.49. The molecule has 0 aromatic heterocycles. The van der Waals surface area contributed by atoms with Crippen LogP contribution in [0.2, 0.25) is 0 Å². The number of nitrogens with zero attached hydrogens (tertiary/aromatic N) is 4. The second-order valence-corrected chi connectivity index (χ2v) is 6.47. The van der Waals surface area contributed by atoms with Crippen molar-refractivity contribution in [2.45, 2.75) is 12.8 Å². The Bertz CT molecular complexity index is 537. The number of guanidine groups is 1. The van der Waals surface area contributed by atoms with E-state index in [9.17, 15) is 4.39 Å². The maximum atomic E-state index is 13.0. The molecule has 0 saturated carbocycles. The zero-order valence-corrected chi connectivity index (χ0v) is 17.3. The van der Waals surface area contributed by atoms with E-state index in [0.717, 1.165) is 64.0 Å². The molecule has 0 amide bonds. The normalized spacial score (nSPS) is 19.0. The zero-order valence-electron chi connectivity index (χ0n) is 15.0. The molecule has 7 heteroatoms. The van der Waals surface area contributed by atoms with Gasteiger partial charge in [-0.05, 0) is 37.1 Å². The highest BCUT2D eigenvalue weighted by Gasteiger charge is 2.18. The van der Waals surface area contributed by atoms with Crippen molar-refractivity contribution in [3.63, 3.8) is 0 Å². The Morgan fingerprint density at radius 2 is 1.68 bits per heavy atom. The molecule has 2 aliphatic heterocycles. The van der Waals surface area contributed by atoms with E-state index in [1.807, 2.05) is 19.2 Å². The molecule has 5 nitrogen and oxygen atoms in total. The fourth-order valence-corrected chi connectivity index (χ4v) is 3.47. The lowest BCUT2D eigenvalue weighted by molar-refractivity contribution is 0.260. The lowest BCUT2D eigenvalue weighted by Crippen LogP contribution is -2.49. The van der Waals surface area contributed by atoms with E-state index in [-0.39, 0.29) is 29.8 Å². The second kappa shape index (κ2) is 10.2. The van der Waals surface area contributed by atoms with Crippen molar-refractivity contribution < 1.29 is 4.39 Å². The first-order chi connectivity index (χ1) is 11.8. The van der Waals surface area contributed by atoms with Crippen LogP contribution in [0.3, 0.4) is 0 Å². The van der Waals surface area contributed by atoms with Crippen LogP contribution >= 0.6 is 24.0 Å². The van der Waals surface area contributed by atoms with Crippen molar-refractivity contribution in [2.24, 2.45) is 4.99 Å². The molecule has 2 fully saturated rings. The van der Waals surface area contributed by atoms with Gasteiger partial charge in [0, 0.05) is 65.1 Å². The monoisotopic (exact) mass is 461 g/mol. The Morgan fingerprint density at radius 1 is 1.04 bits per heavy atom. The molecule has 25 heavy (non-hydrogen) atoms. The van der Waals surface area contributed by atoms with E-state index in [4.69, 9.17) is 0 Å². The number of anilines is 1. The summed E-state index contributed by atoms with van der Waals surface area (Å²) < 4.78 is 13.0. The number of aliphatic imine (C=N–C) groups is 1. The van der Waals surface area contributed by atoms with Gasteiger partial charge in [0.05, 0.1) is 0 Å². The Kier molecular flexibility index (Phi) is 8.21. The first-order valence-electron chi connectivity index (χ1n) is 8.95. The summed E-state index contributed by atoms with van der Waals surface area (Å²) in [7, 11) is 1.86. The van der Waals surface area contributed by atoms with Gasteiger partial charge in [-0.2, -0.15) is 0 Å². The van der Waals surface area contributed by atoms with Gasteiger partial charge in [-0.1, -0.05) is 0 Å². The minimum Gasteiger partial charge on any atom is -0.369 e. The third kappa shape index (κ3) is 5.70. The van der Waals surface area contributed by atoms with Crippen LogP contribution in [0.5, 0.6) is 0 Å². The highest BCUT2D eigenvalue weighted by Crippen LogP contribution is 2.16. The average molecular weight is 461 g/mol. The summed E-state index contributed by atoms with van der Waals surface area (Å²) in [6.07, 6.45) is 2.54. The average Bonchev–Trinajstić information content (AvgIpc) is 3.14. The Hall–Kier alpha value is -1.09. The van der Waals surface area contributed by atoms with Gasteiger partial charge in [-0.3, -0.25) is 9.89 Å². The van der Waals surface area contributed by atoms with Crippen molar-refractivity contribution in [2.75, 3.05) is 64.3 Å². The highest BCUT2D eigenvalue weighted by molar-refractivity contribution is 14.0. The molecule has 1 aromatic rings. The predicted octanol–water partition coefficient (Wildman–Crippen LogP) is 2.24. The van der Waals surface area contributed by atoms with Crippen molar-refractivity contribution in [1.29, 1.82) is 0 Å². The van der Waals surface area contributed by atoms with Gasteiger partial charge in [-0.15, -0.1) is 24.0 Å². The smallest absolute Gasteiger partial charge is 0.193 e. The fraction of sp³-hybridized carbons (Fsp3) is 0.611. The summed E-state index contributed by atoms with van der Waals surface area (Å²) in [6, 6.07) is 6.81.